The van der Waals surface area contributed by atoms with Crippen LogP contribution in [-0.4, -0.2) is 38.9 Å². The summed E-state index contributed by atoms with van der Waals surface area (Å²) in [6.07, 6.45) is 0. The molecular formula is C14H20ClNO4S. The minimum Gasteiger partial charge on any atom is -0.483 e. The third-order valence-electron chi connectivity index (χ3n) is 3.47. The van der Waals surface area contributed by atoms with Gasteiger partial charge in [-0.15, -0.1) is 0 Å². The number of amides is 1. The summed E-state index contributed by atoms with van der Waals surface area (Å²) in [6.45, 7) is 7.11. The predicted octanol–water partition coefficient (Wildman–Crippen LogP) is 2.48. The lowest BCUT2D eigenvalue weighted by Gasteiger charge is -2.22. The van der Waals surface area contributed by atoms with Crippen LogP contribution in [0.1, 0.15) is 25.0 Å². The zero-order chi connectivity index (χ0) is 16.4. The lowest BCUT2D eigenvalue weighted by molar-refractivity contribution is -0.133. The smallest absolute Gasteiger partial charge is 0.261 e. The van der Waals surface area contributed by atoms with Crippen molar-refractivity contribution in [3.05, 3.63) is 23.3 Å². The summed E-state index contributed by atoms with van der Waals surface area (Å²) in [4.78, 5) is 13.5. The number of nitrogens with zero attached hydrogens (tertiary/aromatic N) is 1. The Hall–Kier alpha value is -1.27. The Morgan fingerprint density at radius 1 is 1.29 bits per heavy atom. The molecule has 0 spiro atoms. The zero-order valence-corrected chi connectivity index (χ0v) is 14.4. The standard InChI is InChI=1S/C14H20ClNO4S/c1-9(2)16(5)14(17)8-20-12-6-7-13(21(15,18)19)11(4)10(12)3/h6-7,9H,8H2,1-5H3. The van der Waals surface area contributed by atoms with Crippen LogP contribution in [-0.2, 0) is 13.8 Å². The molecule has 0 bridgehead atoms. The third-order valence-corrected chi connectivity index (χ3v) is 4.94. The normalized spacial score (nSPS) is 11.6. The van der Waals surface area contributed by atoms with Gasteiger partial charge in [0.2, 0.25) is 0 Å². The molecule has 0 aliphatic heterocycles. The van der Waals surface area contributed by atoms with Gasteiger partial charge in [0, 0.05) is 23.8 Å². The Balaban J connectivity index is 2.93. The van der Waals surface area contributed by atoms with Gasteiger partial charge in [-0.25, -0.2) is 8.42 Å². The van der Waals surface area contributed by atoms with Crippen LogP contribution in [0.25, 0.3) is 0 Å². The van der Waals surface area contributed by atoms with Gasteiger partial charge >= 0.3 is 0 Å². The molecule has 0 atom stereocenters. The quantitative estimate of drug-likeness (QED) is 0.776. The lowest BCUT2D eigenvalue weighted by atomic mass is 10.1. The SMILES string of the molecule is Cc1c(OCC(=O)N(C)C(C)C)ccc(S(=O)(=O)Cl)c1C. The first-order chi connectivity index (χ1) is 9.55. The molecule has 118 valence electrons. The van der Waals surface area contributed by atoms with Crippen molar-refractivity contribution in [1.82, 2.24) is 4.90 Å². The van der Waals surface area contributed by atoms with E-state index in [1.807, 2.05) is 13.8 Å². The Labute approximate surface area is 130 Å². The molecule has 0 aliphatic carbocycles. The summed E-state index contributed by atoms with van der Waals surface area (Å²) in [5, 5.41) is 0. The number of benzene rings is 1. The summed E-state index contributed by atoms with van der Waals surface area (Å²) in [6, 6.07) is 2.99. The topological polar surface area (TPSA) is 63.7 Å². The van der Waals surface area contributed by atoms with Gasteiger partial charge in [0.25, 0.3) is 15.0 Å². The molecular weight excluding hydrogens is 314 g/mol. The molecule has 5 nitrogen and oxygen atoms in total. The second-order valence-electron chi connectivity index (χ2n) is 5.14. The van der Waals surface area contributed by atoms with Crippen LogP contribution < -0.4 is 4.74 Å². The second-order valence-corrected chi connectivity index (χ2v) is 7.67. The van der Waals surface area contributed by atoms with Crippen LogP contribution >= 0.6 is 10.7 Å². The molecule has 1 amide bonds. The van der Waals surface area contributed by atoms with E-state index in [1.165, 1.54) is 12.1 Å². The summed E-state index contributed by atoms with van der Waals surface area (Å²) < 4.78 is 28.3. The molecule has 1 aromatic rings. The summed E-state index contributed by atoms with van der Waals surface area (Å²) in [5.74, 6) is 0.332. The van der Waals surface area contributed by atoms with Crippen LogP contribution in [0.4, 0.5) is 0 Å². The predicted molar refractivity (Wildman–Crippen MR) is 82.4 cm³/mol. The van der Waals surface area contributed by atoms with Gasteiger partial charge in [0.15, 0.2) is 6.61 Å². The zero-order valence-electron chi connectivity index (χ0n) is 12.8. The summed E-state index contributed by atoms with van der Waals surface area (Å²) in [7, 11) is 3.28. The number of ether oxygens (including phenoxy) is 1. The van der Waals surface area contributed by atoms with E-state index in [4.69, 9.17) is 15.4 Å². The van der Waals surface area contributed by atoms with Gasteiger partial charge in [-0.05, 0) is 51.0 Å². The first-order valence-electron chi connectivity index (χ1n) is 6.49. The summed E-state index contributed by atoms with van der Waals surface area (Å²) >= 11 is 0. The monoisotopic (exact) mass is 333 g/mol. The fourth-order valence-electron chi connectivity index (χ4n) is 1.72. The van der Waals surface area contributed by atoms with E-state index in [0.29, 0.717) is 16.9 Å². The summed E-state index contributed by atoms with van der Waals surface area (Å²) in [5.41, 5.74) is 1.17. The molecule has 21 heavy (non-hydrogen) atoms. The molecule has 0 aromatic heterocycles. The molecule has 0 heterocycles. The van der Waals surface area contributed by atoms with Crippen LogP contribution in [0.2, 0.25) is 0 Å². The number of likely N-dealkylation sites (N-methyl/N-ethyl adjacent to an activating group) is 1. The highest BCUT2D eigenvalue weighted by Crippen LogP contribution is 2.28. The lowest BCUT2D eigenvalue weighted by Crippen LogP contribution is -2.36. The molecule has 0 aliphatic rings. The maximum absolute atomic E-state index is 11.9. The number of halogens is 1. The van der Waals surface area contributed by atoms with E-state index >= 15 is 0 Å². The number of rotatable bonds is 5. The molecule has 1 rings (SSSR count). The van der Waals surface area contributed by atoms with E-state index in [1.54, 1.807) is 25.8 Å². The van der Waals surface area contributed by atoms with Gasteiger partial charge in [0.05, 0.1) is 4.90 Å². The highest BCUT2D eigenvalue weighted by Gasteiger charge is 2.18. The maximum atomic E-state index is 11.9. The average molecular weight is 334 g/mol. The van der Waals surface area contributed by atoms with E-state index in [0.717, 1.165) is 0 Å². The van der Waals surface area contributed by atoms with Crippen molar-refractivity contribution < 1.29 is 17.9 Å². The molecule has 0 saturated carbocycles. The number of hydrogen-bond acceptors (Lipinski definition) is 4. The minimum absolute atomic E-state index is 0.0552. The van der Waals surface area contributed by atoms with Crippen LogP contribution in [0.3, 0.4) is 0 Å². The van der Waals surface area contributed by atoms with Crippen molar-refractivity contribution in [2.24, 2.45) is 0 Å². The molecule has 0 saturated heterocycles. The van der Waals surface area contributed by atoms with Crippen molar-refractivity contribution in [3.8, 4) is 5.75 Å². The van der Waals surface area contributed by atoms with E-state index < -0.39 is 9.05 Å². The Morgan fingerprint density at radius 3 is 2.33 bits per heavy atom. The van der Waals surface area contributed by atoms with Gasteiger partial charge in [-0.3, -0.25) is 4.79 Å². The number of hydrogen-bond donors (Lipinski definition) is 0. The Kier molecular flexibility index (Phi) is 5.64. The van der Waals surface area contributed by atoms with Crippen molar-refractivity contribution in [1.29, 1.82) is 0 Å². The van der Waals surface area contributed by atoms with Crippen molar-refractivity contribution in [2.75, 3.05) is 13.7 Å². The Bertz CT molecular complexity index is 641. The van der Waals surface area contributed by atoms with Gasteiger partial charge in [-0.2, -0.15) is 0 Å². The molecule has 0 unspecified atom stereocenters. The fourth-order valence-corrected chi connectivity index (χ4v) is 2.97. The molecule has 1 aromatic carbocycles. The van der Waals surface area contributed by atoms with Crippen molar-refractivity contribution >= 4 is 25.6 Å². The van der Waals surface area contributed by atoms with Crippen LogP contribution in [0, 0.1) is 13.8 Å². The third kappa shape index (κ3) is 4.35. The van der Waals surface area contributed by atoms with E-state index in [9.17, 15) is 13.2 Å². The minimum atomic E-state index is -3.79. The highest BCUT2D eigenvalue weighted by molar-refractivity contribution is 8.13. The maximum Gasteiger partial charge on any atom is 0.261 e. The first-order valence-corrected chi connectivity index (χ1v) is 8.80. The number of carbonyl (C=O) groups excluding carboxylic acids is 1. The average Bonchev–Trinajstić information content (AvgIpc) is 2.37. The van der Waals surface area contributed by atoms with Gasteiger partial charge in [-0.1, -0.05) is 0 Å². The van der Waals surface area contributed by atoms with Crippen molar-refractivity contribution in [3.63, 3.8) is 0 Å². The first kappa shape index (κ1) is 17.8. The van der Waals surface area contributed by atoms with E-state index in [-0.39, 0.29) is 23.5 Å². The van der Waals surface area contributed by atoms with E-state index in [2.05, 4.69) is 0 Å². The molecule has 0 radical (unpaired) electrons. The molecule has 7 heteroatoms. The van der Waals surface area contributed by atoms with Gasteiger partial charge in [0.1, 0.15) is 5.75 Å². The second kappa shape index (κ2) is 6.66. The van der Waals surface area contributed by atoms with Crippen LogP contribution in [0.5, 0.6) is 5.75 Å². The number of carbonyl (C=O) groups is 1. The van der Waals surface area contributed by atoms with Crippen molar-refractivity contribution in [2.45, 2.75) is 38.6 Å². The molecule has 0 fully saturated rings. The van der Waals surface area contributed by atoms with Crippen LogP contribution in [0.15, 0.2) is 17.0 Å². The van der Waals surface area contributed by atoms with Gasteiger partial charge < -0.3 is 9.64 Å². The molecule has 0 N–H and O–H groups in total. The Morgan fingerprint density at radius 2 is 1.86 bits per heavy atom. The largest absolute Gasteiger partial charge is 0.483 e. The highest BCUT2D eigenvalue weighted by atomic mass is 35.7. The fraction of sp³-hybridized carbons (Fsp3) is 0.500.